The number of aryl methyl sites for hydroxylation is 1. The molecule has 0 spiro atoms. The first kappa shape index (κ1) is 20.9. The topological polar surface area (TPSA) is 98.5 Å². The Labute approximate surface area is 173 Å². The van der Waals surface area contributed by atoms with Crippen molar-refractivity contribution in [3.05, 3.63) is 69.3 Å². The Balaban J connectivity index is 1.67. The van der Waals surface area contributed by atoms with Gasteiger partial charge in [0, 0.05) is 6.07 Å². The van der Waals surface area contributed by atoms with Crippen molar-refractivity contribution in [2.45, 2.75) is 43.2 Å². The van der Waals surface area contributed by atoms with Gasteiger partial charge in [0.1, 0.15) is 0 Å². The summed E-state index contributed by atoms with van der Waals surface area (Å²) < 4.78 is 5.26. The predicted molar refractivity (Wildman–Crippen MR) is 110 cm³/mol. The van der Waals surface area contributed by atoms with Gasteiger partial charge in [0.2, 0.25) is 0 Å². The number of thioether (sulfide) groups is 1. The number of carbonyl (C=O) groups is 2. The number of rotatable bonds is 6. The number of benzene rings is 2. The molecule has 0 saturated carbocycles. The Morgan fingerprint density at radius 2 is 2.03 bits per heavy atom. The van der Waals surface area contributed by atoms with Gasteiger partial charge >= 0.3 is 5.97 Å². The molecule has 0 bridgehead atoms. The number of fused-ring (bicyclic) bond motifs is 1. The lowest BCUT2D eigenvalue weighted by atomic mass is 9.87. The highest BCUT2D eigenvalue weighted by atomic mass is 32.2. The van der Waals surface area contributed by atoms with Crippen LogP contribution < -0.4 is 5.32 Å². The Morgan fingerprint density at radius 3 is 2.76 bits per heavy atom. The van der Waals surface area contributed by atoms with E-state index in [-0.39, 0.29) is 17.3 Å². The van der Waals surface area contributed by atoms with Crippen LogP contribution in [0.15, 0.2) is 47.4 Å². The highest BCUT2D eigenvalue weighted by Crippen LogP contribution is 2.30. The van der Waals surface area contributed by atoms with E-state index in [4.69, 9.17) is 4.74 Å². The number of carbonyl (C=O) groups excluding carboxylic acids is 2. The van der Waals surface area contributed by atoms with Gasteiger partial charge in [0.15, 0.2) is 6.10 Å². The minimum atomic E-state index is -1.02. The second-order valence-electron chi connectivity index (χ2n) is 6.84. The number of esters is 1. The summed E-state index contributed by atoms with van der Waals surface area (Å²) in [4.78, 5) is 36.1. The molecule has 0 unspecified atom stereocenters. The highest BCUT2D eigenvalue weighted by molar-refractivity contribution is 7.98. The fourth-order valence-electron chi connectivity index (χ4n) is 3.43. The standard InChI is InChI=1S/C21H22N2O5S/c1-13(20(24)22-17-9-5-7-14-6-3-4-8-16(14)17)28-21(25)15-10-11-19(29-2)18(12-15)23(26)27/h3-4,6,8,10-13,17H,5,7,9H2,1-2H3,(H,22,24)/t13-,17-/m0/s1. The van der Waals surface area contributed by atoms with Crippen LogP contribution in [0.2, 0.25) is 0 Å². The summed E-state index contributed by atoms with van der Waals surface area (Å²) in [6, 6.07) is 12.0. The zero-order valence-corrected chi connectivity index (χ0v) is 17.0. The van der Waals surface area contributed by atoms with E-state index in [1.54, 1.807) is 6.26 Å². The quantitative estimate of drug-likeness (QED) is 0.331. The summed E-state index contributed by atoms with van der Waals surface area (Å²) >= 11 is 1.22. The first-order valence-electron chi connectivity index (χ1n) is 9.32. The molecule has 7 nitrogen and oxygen atoms in total. The van der Waals surface area contributed by atoms with Crippen LogP contribution in [-0.4, -0.2) is 29.2 Å². The van der Waals surface area contributed by atoms with Crippen molar-refractivity contribution in [2.75, 3.05) is 6.26 Å². The maximum absolute atomic E-state index is 12.6. The maximum Gasteiger partial charge on any atom is 0.339 e. The Bertz CT molecular complexity index is 946. The number of nitro groups is 1. The maximum atomic E-state index is 12.6. The van der Waals surface area contributed by atoms with Crippen LogP contribution in [0.3, 0.4) is 0 Å². The zero-order chi connectivity index (χ0) is 21.0. The van der Waals surface area contributed by atoms with Crippen molar-refractivity contribution in [1.29, 1.82) is 0 Å². The minimum Gasteiger partial charge on any atom is -0.449 e. The molecule has 2 aromatic rings. The van der Waals surface area contributed by atoms with E-state index in [2.05, 4.69) is 11.4 Å². The molecular weight excluding hydrogens is 392 g/mol. The first-order chi connectivity index (χ1) is 13.9. The monoisotopic (exact) mass is 414 g/mol. The Kier molecular flexibility index (Phi) is 6.53. The second-order valence-corrected chi connectivity index (χ2v) is 7.69. The molecule has 0 heterocycles. The summed E-state index contributed by atoms with van der Waals surface area (Å²) in [5.41, 5.74) is 2.18. The van der Waals surface area contributed by atoms with Gasteiger partial charge in [0.05, 0.1) is 21.4 Å². The third kappa shape index (κ3) is 4.76. The SMILES string of the molecule is CSc1ccc(C(=O)O[C@@H](C)C(=O)N[C@H]2CCCc3ccccc32)cc1[N+](=O)[O-]. The molecule has 2 aromatic carbocycles. The summed E-state index contributed by atoms with van der Waals surface area (Å²) in [7, 11) is 0. The Morgan fingerprint density at radius 1 is 1.28 bits per heavy atom. The van der Waals surface area contributed by atoms with Gasteiger partial charge in [-0.2, -0.15) is 0 Å². The van der Waals surface area contributed by atoms with Crippen LogP contribution in [0.1, 0.15) is 47.3 Å². The first-order valence-corrected chi connectivity index (χ1v) is 10.5. The minimum absolute atomic E-state index is 0.0390. The lowest BCUT2D eigenvalue weighted by molar-refractivity contribution is -0.387. The number of ether oxygens (including phenoxy) is 1. The van der Waals surface area contributed by atoms with Crippen molar-refractivity contribution in [3.8, 4) is 0 Å². The van der Waals surface area contributed by atoms with Gasteiger partial charge in [-0.3, -0.25) is 14.9 Å². The van der Waals surface area contributed by atoms with Crippen LogP contribution in [0.25, 0.3) is 0 Å². The third-order valence-corrected chi connectivity index (χ3v) is 5.74. The molecule has 2 atom stereocenters. The average molecular weight is 414 g/mol. The van der Waals surface area contributed by atoms with Gasteiger partial charge in [-0.15, -0.1) is 11.8 Å². The summed E-state index contributed by atoms with van der Waals surface area (Å²) in [6.07, 6.45) is 3.48. The molecule has 1 N–H and O–H groups in total. The number of amides is 1. The average Bonchev–Trinajstić information content (AvgIpc) is 2.73. The van der Waals surface area contributed by atoms with Crippen LogP contribution in [0.4, 0.5) is 5.69 Å². The van der Waals surface area contributed by atoms with Gasteiger partial charge in [-0.1, -0.05) is 24.3 Å². The summed E-state index contributed by atoms with van der Waals surface area (Å²) in [6.45, 7) is 1.49. The Hall–Kier alpha value is -2.87. The molecule has 8 heteroatoms. The molecule has 1 aliphatic rings. The lowest BCUT2D eigenvalue weighted by Crippen LogP contribution is -2.39. The van der Waals surface area contributed by atoms with Crippen LogP contribution in [0.5, 0.6) is 0 Å². The fourth-order valence-corrected chi connectivity index (χ4v) is 3.98. The van der Waals surface area contributed by atoms with E-state index in [1.807, 2.05) is 18.2 Å². The predicted octanol–water partition coefficient (Wildman–Crippen LogP) is 4.06. The van der Waals surface area contributed by atoms with Crippen LogP contribution in [-0.2, 0) is 16.0 Å². The zero-order valence-electron chi connectivity index (χ0n) is 16.2. The molecule has 1 aliphatic carbocycles. The molecular formula is C21H22N2O5S. The molecule has 0 aliphatic heterocycles. The van der Waals surface area contributed by atoms with Crippen molar-refractivity contribution in [1.82, 2.24) is 5.32 Å². The van der Waals surface area contributed by atoms with Crippen molar-refractivity contribution in [2.24, 2.45) is 0 Å². The number of nitrogens with zero attached hydrogens (tertiary/aromatic N) is 1. The van der Waals surface area contributed by atoms with E-state index >= 15 is 0 Å². The number of hydrogen-bond acceptors (Lipinski definition) is 6. The molecule has 152 valence electrons. The van der Waals surface area contributed by atoms with E-state index in [1.165, 1.54) is 42.4 Å². The lowest BCUT2D eigenvalue weighted by Gasteiger charge is -2.27. The number of hydrogen-bond donors (Lipinski definition) is 1. The van der Waals surface area contributed by atoms with Crippen molar-refractivity contribution in [3.63, 3.8) is 0 Å². The van der Waals surface area contributed by atoms with E-state index in [9.17, 15) is 19.7 Å². The molecule has 0 saturated heterocycles. The van der Waals surface area contributed by atoms with E-state index in [0.29, 0.717) is 4.90 Å². The molecule has 3 rings (SSSR count). The largest absolute Gasteiger partial charge is 0.449 e. The van der Waals surface area contributed by atoms with Gasteiger partial charge in [0.25, 0.3) is 11.6 Å². The third-order valence-electron chi connectivity index (χ3n) is 4.95. The smallest absolute Gasteiger partial charge is 0.339 e. The van der Waals surface area contributed by atoms with Gasteiger partial charge in [-0.25, -0.2) is 4.79 Å². The number of nitro benzene ring substituents is 1. The molecule has 29 heavy (non-hydrogen) atoms. The van der Waals surface area contributed by atoms with Crippen molar-refractivity contribution >= 4 is 29.3 Å². The van der Waals surface area contributed by atoms with Crippen LogP contribution in [0, 0.1) is 10.1 Å². The normalized spacial score (nSPS) is 16.4. The van der Waals surface area contributed by atoms with Gasteiger partial charge < -0.3 is 10.1 Å². The molecule has 0 fully saturated rings. The summed E-state index contributed by atoms with van der Waals surface area (Å²) in [5, 5.41) is 14.1. The number of nitrogens with one attached hydrogen (secondary N) is 1. The van der Waals surface area contributed by atoms with E-state index in [0.717, 1.165) is 24.8 Å². The van der Waals surface area contributed by atoms with E-state index < -0.39 is 22.9 Å². The second kappa shape index (κ2) is 9.09. The van der Waals surface area contributed by atoms with Crippen molar-refractivity contribution < 1.29 is 19.2 Å². The van der Waals surface area contributed by atoms with Gasteiger partial charge in [-0.05, 0) is 55.7 Å². The van der Waals surface area contributed by atoms with Crippen LogP contribution >= 0.6 is 11.8 Å². The molecule has 1 amide bonds. The highest BCUT2D eigenvalue weighted by Gasteiger charge is 2.26. The fraction of sp³-hybridized carbons (Fsp3) is 0.333. The summed E-state index contributed by atoms with van der Waals surface area (Å²) in [5.74, 6) is -1.16. The molecule has 0 radical (unpaired) electrons. The molecule has 0 aromatic heterocycles.